The lowest BCUT2D eigenvalue weighted by Crippen LogP contribution is -2.51. The Kier molecular flexibility index (Phi) is 8.61. The number of rotatable bonds is 9. The van der Waals surface area contributed by atoms with Gasteiger partial charge in [-0.2, -0.15) is 0 Å². The van der Waals surface area contributed by atoms with Crippen LogP contribution in [0.5, 0.6) is 11.5 Å². The van der Waals surface area contributed by atoms with E-state index in [9.17, 15) is 14.0 Å². The number of carbonyl (C=O) groups excluding carboxylic acids is 2. The summed E-state index contributed by atoms with van der Waals surface area (Å²) in [4.78, 5) is 28.4. The number of aryl methyl sites for hydroxylation is 1. The Morgan fingerprint density at radius 1 is 1.00 bits per heavy atom. The van der Waals surface area contributed by atoms with Crippen LogP contribution < -0.4 is 14.8 Å². The summed E-state index contributed by atoms with van der Waals surface area (Å²) in [5.74, 6) is 0.883. The van der Waals surface area contributed by atoms with Crippen LogP contribution in [0.25, 0.3) is 0 Å². The molecule has 1 aliphatic heterocycles. The van der Waals surface area contributed by atoms with Crippen LogP contribution in [-0.2, 0) is 22.6 Å². The molecule has 0 bridgehead atoms. The summed E-state index contributed by atoms with van der Waals surface area (Å²) in [6.07, 6.45) is 6.71. The van der Waals surface area contributed by atoms with Crippen molar-refractivity contribution in [3.05, 3.63) is 59.4 Å². The molecule has 1 aliphatic carbocycles. The van der Waals surface area contributed by atoms with Crippen LogP contribution >= 0.6 is 0 Å². The fourth-order valence-electron chi connectivity index (χ4n) is 4.89. The second-order valence-electron chi connectivity index (χ2n) is 9.39. The van der Waals surface area contributed by atoms with Gasteiger partial charge in [0, 0.05) is 19.0 Å². The van der Waals surface area contributed by atoms with Crippen LogP contribution in [0.2, 0.25) is 0 Å². The molecule has 1 fully saturated rings. The van der Waals surface area contributed by atoms with E-state index < -0.39 is 6.04 Å². The highest BCUT2D eigenvalue weighted by Gasteiger charge is 2.30. The molecule has 188 valence electrons. The van der Waals surface area contributed by atoms with Crippen LogP contribution in [0.15, 0.2) is 42.5 Å². The molecule has 2 aromatic rings. The lowest BCUT2D eigenvalue weighted by atomic mass is 9.95. The van der Waals surface area contributed by atoms with Crippen molar-refractivity contribution in [2.75, 3.05) is 13.2 Å². The first-order valence-electron chi connectivity index (χ1n) is 12.8. The van der Waals surface area contributed by atoms with Gasteiger partial charge in [0.1, 0.15) is 25.1 Å². The highest BCUT2D eigenvalue weighted by Crippen LogP contribution is 2.31. The zero-order valence-corrected chi connectivity index (χ0v) is 20.4. The Morgan fingerprint density at radius 2 is 1.69 bits per heavy atom. The van der Waals surface area contributed by atoms with Crippen LogP contribution in [0.1, 0.15) is 63.0 Å². The molecule has 6 nitrogen and oxygen atoms in total. The standard InChI is InChI=1S/C28H35FN2O4/c1-2-24(28(33)30-23-6-4-3-5-7-23)31(19-21-8-12-22(29)13-9-21)27(32)15-11-20-10-14-25-26(18-20)35-17-16-34-25/h8-10,12-14,18,23-24H,2-7,11,15-17,19H2,1H3,(H,30,33)/t24-/m0/s1. The number of nitrogens with one attached hydrogen (secondary N) is 1. The second-order valence-corrected chi connectivity index (χ2v) is 9.39. The maximum Gasteiger partial charge on any atom is 0.243 e. The van der Waals surface area contributed by atoms with Crippen molar-refractivity contribution in [2.45, 2.75) is 76.9 Å². The molecule has 2 aliphatic rings. The molecule has 0 unspecified atom stereocenters. The summed E-state index contributed by atoms with van der Waals surface area (Å²) in [7, 11) is 0. The first-order chi connectivity index (χ1) is 17.0. The highest BCUT2D eigenvalue weighted by molar-refractivity contribution is 5.88. The topological polar surface area (TPSA) is 67.9 Å². The highest BCUT2D eigenvalue weighted by atomic mass is 19.1. The maximum absolute atomic E-state index is 13.5. The molecule has 2 aromatic carbocycles. The third kappa shape index (κ3) is 6.74. The molecule has 35 heavy (non-hydrogen) atoms. The number of hydrogen-bond acceptors (Lipinski definition) is 4. The number of nitrogens with zero attached hydrogens (tertiary/aromatic N) is 1. The predicted octanol–water partition coefficient (Wildman–Crippen LogP) is 4.79. The van der Waals surface area contributed by atoms with E-state index in [1.165, 1.54) is 18.6 Å². The zero-order valence-electron chi connectivity index (χ0n) is 20.4. The largest absolute Gasteiger partial charge is 0.486 e. The third-order valence-corrected chi connectivity index (χ3v) is 6.84. The van der Waals surface area contributed by atoms with Crippen LogP contribution in [-0.4, -0.2) is 42.0 Å². The lowest BCUT2D eigenvalue weighted by molar-refractivity contribution is -0.141. The average molecular weight is 483 g/mol. The van der Waals surface area contributed by atoms with Crippen LogP contribution in [0.3, 0.4) is 0 Å². The summed E-state index contributed by atoms with van der Waals surface area (Å²) in [6, 6.07) is 11.4. The molecule has 1 atom stereocenters. The molecule has 1 saturated carbocycles. The summed E-state index contributed by atoms with van der Waals surface area (Å²) >= 11 is 0. The van der Waals surface area contributed by atoms with E-state index in [-0.39, 0.29) is 36.6 Å². The quantitative estimate of drug-likeness (QED) is 0.558. The number of hydrogen-bond donors (Lipinski definition) is 1. The molecule has 1 N–H and O–H groups in total. The normalized spacial score (nSPS) is 16.4. The first-order valence-corrected chi connectivity index (χ1v) is 12.8. The maximum atomic E-state index is 13.5. The smallest absolute Gasteiger partial charge is 0.243 e. The number of benzene rings is 2. The molecular weight excluding hydrogens is 447 g/mol. The molecule has 2 amide bonds. The van der Waals surface area contributed by atoms with Crippen LogP contribution in [0.4, 0.5) is 4.39 Å². The number of ether oxygens (including phenoxy) is 2. The van der Waals surface area contributed by atoms with Crippen molar-refractivity contribution in [1.82, 2.24) is 10.2 Å². The lowest BCUT2D eigenvalue weighted by Gasteiger charge is -2.33. The van der Waals surface area contributed by atoms with Gasteiger partial charge in [-0.05, 0) is 61.1 Å². The van der Waals surface area contributed by atoms with Crippen molar-refractivity contribution >= 4 is 11.8 Å². The van der Waals surface area contributed by atoms with E-state index in [1.807, 2.05) is 25.1 Å². The SMILES string of the molecule is CC[C@@H](C(=O)NC1CCCCC1)N(Cc1ccc(F)cc1)C(=O)CCc1ccc2c(c1)OCCO2. The summed E-state index contributed by atoms with van der Waals surface area (Å²) < 4.78 is 24.7. The summed E-state index contributed by atoms with van der Waals surface area (Å²) in [5, 5.41) is 3.18. The van der Waals surface area contributed by atoms with Gasteiger partial charge in [-0.3, -0.25) is 9.59 Å². The Morgan fingerprint density at radius 3 is 2.40 bits per heavy atom. The van der Waals surface area contributed by atoms with E-state index >= 15 is 0 Å². The average Bonchev–Trinajstić information content (AvgIpc) is 2.88. The fraction of sp³-hybridized carbons (Fsp3) is 0.500. The van der Waals surface area contributed by atoms with Gasteiger partial charge in [-0.15, -0.1) is 0 Å². The minimum atomic E-state index is -0.574. The predicted molar refractivity (Wildman–Crippen MR) is 132 cm³/mol. The molecule has 7 heteroatoms. The van der Waals surface area contributed by atoms with Crippen molar-refractivity contribution in [1.29, 1.82) is 0 Å². The van der Waals surface area contributed by atoms with E-state index in [1.54, 1.807) is 17.0 Å². The summed E-state index contributed by atoms with van der Waals surface area (Å²) in [6.45, 7) is 3.23. The number of amides is 2. The van der Waals surface area contributed by atoms with Gasteiger partial charge in [-0.1, -0.05) is 44.4 Å². The van der Waals surface area contributed by atoms with E-state index in [0.717, 1.165) is 42.6 Å². The van der Waals surface area contributed by atoms with Crippen molar-refractivity contribution in [3.63, 3.8) is 0 Å². The van der Waals surface area contributed by atoms with Crippen molar-refractivity contribution in [2.24, 2.45) is 0 Å². The zero-order chi connectivity index (χ0) is 24.6. The minimum Gasteiger partial charge on any atom is -0.486 e. The van der Waals surface area contributed by atoms with Crippen LogP contribution in [0, 0.1) is 5.82 Å². The van der Waals surface area contributed by atoms with Gasteiger partial charge in [-0.25, -0.2) is 4.39 Å². The molecule has 1 heterocycles. The van der Waals surface area contributed by atoms with Gasteiger partial charge >= 0.3 is 0 Å². The second kappa shape index (κ2) is 12.0. The number of fused-ring (bicyclic) bond motifs is 1. The Hall–Kier alpha value is -3.09. The first kappa shape index (κ1) is 25.0. The van der Waals surface area contributed by atoms with Gasteiger partial charge in [0.2, 0.25) is 11.8 Å². The third-order valence-electron chi connectivity index (χ3n) is 6.84. The van der Waals surface area contributed by atoms with E-state index in [2.05, 4.69) is 5.32 Å². The van der Waals surface area contributed by atoms with Gasteiger partial charge in [0.05, 0.1) is 0 Å². The molecule has 0 aromatic heterocycles. The van der Waals surface area contributed by atoms with E-state index in [0.29, 0.717) is 31.8 Å². The van der Waals surface area contributed by atoms with E-state index in [4.69, 9.17) is 9.47 Å². The molecule has 0 spiro atoms. The number of halogens is 1. The monoisotopic (exact) mass is 482 g/mol. The molecular formula is C28H35FN2O4. The van der Waals surface area contributed by atoms with Gasteiger partial charge in [0.15, 0.2) is 11.5 Å². The van der Waals surface area contributed by atoms with Gasteiger partial charge in [0.25, 0.3) is 0 Å². The summed E-state index contributed by atoms with van der Waals surface area (Å²) in [5.41, 5.74) is 1.77. The van der Waals surface area contributed by atoms with Crippen molar-refractivity contribution < 1.29 is 23.5 Å². The van der Waals surface area contributed by atoms with Crippen molar-refractivity contribution in [3.8, 4) is 11.5 Å². The fourth-order valence-corrected chi connectivity index (χ4v) is 4.89. The molecule has 0 radical (unpaired) electrons. The Bertz CT molecular complexity index is 1000. The number of carbonyl (C=O) groups is 2. The van der Waals surface area contributed by atoms with Gasteiger partial charge < -0.3 is 19.7 Å². The Balaban J connectivity index is 1.47. The molecule has 4 rings (SSSR count). The minimum absolute atomic E-state index is 0.102. The molecule has 0 saturated heterocycles. The Labute approximate surface area is 206 Å².